The number of hydrogen-bond acceptors (Lipinski definition) is 4. The second-order valence-electron chi connectivity index (χ2n) is 8.77. The number of nitriles is 1. The molecule has 1 aromatic heterocycles. The van der Waals surface area contributed by atoms with Crippen LogP contribution in [0.4, 0.5) is 9.80 Å². The van der Waals surface area contributed by atoms with E-state index in [0.717, 1.165) is 27.9 Å². The lowest BCUT2D eigenvalue weighted by molar-refractivity contribution is -0.931. The van der Waals surface area contributed by atoms with Gasteiger partial charge in [0, 0.05) is 31.6 Å². The molecule has 0 spiro atoms. The molecule has 2 fully saturated rings. The molecule has 2 unspecified atom stereocenters. The highest BCUT2D eigenvalue weighted by Gasteiger charge is 2.49. The van der Waals surface area contributed by atoms with E-state index in [9.17, 15) is 4.79 Å². The van der Waals surface area contributed by atoms with Crippen LogP contribution in [0, 0.1) is 17.2 Å². The normalized spacial score (nSPS) is 24.7. The lowest BCUT2D eigenvalue weighted by Gasteiger charge is -2.44. The van der Waals surface area contributed by atoms with Crippen LogP contribution in [0.1, 0.15) is 36.8 Å². The van der Waals surface area contributed by atoms with E-state index in [4.69, 9.17) is 10.00 Å². The van der Waals surface area contributed by atoms with Crippen molar-refractivity contribution >= 4 is 22.4 Å². The zero-order valence-corrected chi connectivity index (χ0v) is 17.9. The maximum Gasteiger partial charge on any atom is 0.415 e. The number of carbonyl (C=O) groups excluding carboxylic acids is 1. The number of thiophene rings is 1. The lowest BCUT2D eigenvalue weighted by Crippen LogP contribution is -2.55. The molecule has 2 aliphatic heterocycles. The van der Waals surface area contributed by atoms with Gasteiger partial charge in [-0.1, -0.05) is 12.1 Å². The number of nitrogens with zero attached hydrogens (tertiary/aromatic N) is 3. The molecule has 0 aliphatic carbocycles. The predicted octanol–water partition coefficient (Wildman–Crippen LogP) is 4.78. The number of quaternary nitrogens is 1. The molecule has 2 saturated heterocycles. The smallest absolute Gasteiger partial charge is 0.415 e. The van der Waals surface area contributed by atoms with Crippen molar-refractivity contribution in [2.75, 3.05) is 25.6 Å². The summed E-state index contributed by atoms with van der Waals surface area (Å²) in [4.78, 5) is 14.7. The quantitative estimate of drug-likeness (QED) is 0.667. The molecule has 5 nitrogen and oxygen atoms in total. The van der Waals surface area contributed by atoms with E-state index in [0.29, 0.717) is 36.7 Å². The topological polar surface area (TPSA) is 53.3 Å². The summed E-state index contributed by atoms with van der Waals surface area (Å²) >= 11 is 1.53. The van der Waals surface area contributed by atoms with Crippen molar-refractivity contribution in [2.45, 2.75) is 44.3 Å². The fourth-order valence-corrected chi connectivity index (χ4v) is 5.64. The molecule has 2 bridgehead atoms. The van der Waals surface area contributed by atoms with Crippen molar-refractivity contribution in [2.24, 2.45) is 5.92 Å². The van der Waals surface area contributed by atoms with E-state index in [2.05, 4.69) is 20.2 Å². The lowest BCUT2D eigenvalue weighted by atomic mass is 9.90. The zero-order chi connectivity index (χ0) is 20.4. The first-order valence-electron chi connectivity index (χ1n) is 10.3. The van der Waals surface area contributed by atoms with Gasteiger partial charge in [0.05, 0.1) is 51.0 Å². The second kappa shape index (κ2) is 8.17. The summed E-state index contributed by atoms with van der Waals surface area (Å²) in [6.07, 6.45) is 4.59. The SMILES string of the molecule is C[N+]1(C)C2CCC1CC(COC(=O)N(Cc1ccc(C#N)cc1)c1cccs1)C2. The number of carbonyl (C=O) groups is 1. The number of anilines is 1. The summed E-state index contributed by atoms with van der Waals surface area (Å²) in [5.74, 6) is 0.461. The molecule has 152 valence electrons. The Kier molecular flexibility index (Phi) is 5.62. The third-order valence-electron chi connectivity index (χ3n) is 6.78. The van der Waals surface area contributed by atoms with Gasteiger partial charge in [0.15, 0.2) is 0 Å². The van der Waals surface area contributed by atoms with E-state index in [1.807, 2.05) is 29.6 Å². The minimum atomic E-state index is -0.288. The van der Waals surface area contributed by atoms with Gasteiger partial charge in [-0.05, 0) is 35.2 Å². The van der Waals surface area contributed by atoms with Crippen LogP contribution in [0.5, 0.6) is 0 Å². The number of fused-ring (bicyclic) bond motifs is 2. The molecule has 2 atom stereocenters. The molecular formula is C23H28N3O2S+. The van der Waals surface area contributed by atoms with Crippen LogP contribution < -0.4 is 4.90 Å². The average Bonchev–Trinajstić information content (AvgIpc) is 3.26. The Balaban J connectivity index is 1.40. The summed E-state index contributed by atoms with van der Waals surface area (Å²) in [7, 11) is 4.70. The molecule has 1 aromatic carbocycles. The van der Waals surface area contributed by atoms with E-state index >= 15 is 0 Å². The van der Waals surface area contributed by atoms with E-state index in [-0.39, 0.29) is 6.09 Å². The number of amides is 1. The van der Waals surface area contributed by atoms with Gasteiger partial charge in [-0.15, -0.1) is 11.3 Å². The molecule has 2 aromatic rings. The van der Waals surface area contributed by atoms with Crippen LogP contribution in [0.15, 0.2) is 41.8 Å². The average molecular weight is 411 g/mol. The zero-order valence-electron chi connectivity index (χ0n) is 17.1. The summed E-state index contributed by atoms with van der Waals surface area (Å²) in [6, 6.07) is 14.8. The largest absolute Gasteiger partial charge is 0.449 e. The molecular weight excluding hydrogens is 382 g/mol. The number of piperidine rings is 1. The third kappa shape index (κ3) is 4.17. The predicted molar refractivity (Wildman–Crippen MR) is 115 cm³/mol. The second-order valence-corrected chi connectivity index (χ2v) is 9.70. The molecule has 6 heteroatoms. The Hall–Kier alpha value is -2.36. The maximum absolute atomic E-state index is 13.0. The number of benzene rings is 1. The first-order chi connectivity index (χ1) is 14.0. The Morgan fingerprint density at radius 2 is 1.90 bits per heavy atom. The molecule has 3 heterocycles. The van der Waals surface area contributed by atoms with Crippen molar-refractivity contribution in [1.82, 2.24) is 0 Å². The molecule has 4 rings (SSSR count). The van der Waals surface area contributed by atoms with Crippen molar-refractivity contribution in [3.05, 3.63) is 52.9 Å². The highest BCUT2D eigenvalue weighted by molar-refractivity contribution is 7.14. The minimum absolute atomic E-state index is 0.288. The van der Waals surface area contributed by atoms with E-state index in [1.54, 1.807) is 17.0 Å². The maximum atomic E-state index is 13.0. The van der Waals surface area contributed by atoms with Gasteiger partial charge in [-0.25, -0.2) is 4.79 Å². The summed E-state index contributed by atoms with van der Waals surface area (Å²) in [5, 5.41) is 11.8. The Labute approximate surface area is 176 Å². The van der Waals surface area contributed by atoms with Crippen LogP contribution in [0.25, 0.3) is 0 Å². The molecule has 0 saturated carbocycles. The first kappa shape index (κ1) is 19.9. The van der Waals surface area contributed by atoms with Crippen LogP contribution >= 0.6 is 11.3 Å². The molecule has 1 amide bonds. The fourth-order valence-electron chi connectivity index (χ4n) is 4.92. The van der Waals surface area contributed by atoms with Gasteiger partial charge in [-0.2, -0.15) is 5.26 Å². The summed E-state index contributed by atoms with van der Waals surface area (Å²) < 4.78 is 6.94. The number of ether oxygens (including phenoxy) is 1. The Morgan fingerprint density at radius 3 is 2.48 bits per heavy atom. The van der Waals surface area contributed by atoms with Crippen LogP contribution in [0.2, 0.25) is 0 Å². The number of hydrogen-bond donors (Lipinski definition) is 0. The highest BCUT2D eigenvalue weighted by Crippen LogP contribution is 2.42. The van der Waals surface area contributed by atoms with Crippen LogP contribution in [-0.4, -0.2) is 43.4 Å². The van der Waals surface area contributed by atoms with Crippen molar-refractivity contribution in [1.29, 1.82) is 5.26 Å². The van der Waals surface area contributed by atoms with Gasteiger partial charge in [-0.3, -0.25) is 4.90 Å². The van der Waals surface area contributed by atoms with Crippen molar-refractivity contribution in [3.63, 3.8) is 0 Å². The summed E-state index contributed by atoms with van der Waals surface area (Å²) in [6.45, 7) is 0.936. The molecule has 0 N–H and O–H groups in total. The van der Waals surface area contributed by atoms with Crippen molar-refractivity contribution in [3.8, 4) is 6.07 Å². The number of rotatable bonds is 5. The van der Waals surface area contributed by atoms with Crippen LogP contribution in [-0.2, 0) is 11.3 Å². The van der Waals surface area contributed by atoms with E-state index in [1.165, 1.54) is 24.2 Å². The monoisotopic (exact) mass is 410 g/mol. The van der Waals surface area contributed by atoms with Gasteiger partial charge in [0.25, 0.3) is 0 Å². The van der Waals surface area contributed by atoms with E-state index < -0.39 is 0 Å². The van der Waals surface area contributed by atoms with Crippen molar-refractivity contribution < 1.29 is 14.0 Å². The summed E-state index contributed by atoms with van der Waals surface area (Å²) in [5.41, 5.74) is 1.59. The molecule has 0 radical (unpaired) electrons. The van der Waals surface area contributed by atoms with Crippen LogP contribution in [0.3, 0.4) is 0 Å². The Morgan fingerprint density at radius 1 is 1.21 bits per heavy atom. The minimum Gasteiger partial charge on any atom is -0.449 e. The highest BCUT2D eigenvalue weighted by atomic mass is 32.1. The third-order valence-corrected chi connectivity index (χ3v) is 7.68. The van der Waals surface area contributed by atoms with Gasteiger partial charge >= 0.3 is 6.09 Å². The van der Waals surface area contributed by atoms with Gasteiger partial charge in [0.1, 0.15) is 5.00 Å². The fraction of sp³-hybridized carbons (Fsp3) is 0.478. The van der Waals surface area contributed by atoms with Gasteiger partial charge < -0.3 is 9.22 Å². The standard InChI is InChI=1S/C23H28N3O2S/c1-26(2)20-9-10-21(26)13-19(12-20)16-28-23(27)25(22-4-3-11-29-22)15-18-7-5-17(14-24)6-8-18/h3-8,11,19-21H,9-10,12-13,15-16H2,1-2H3/q+1. The molecule has 29 heavy (non-hydrogen) atoms. The Bertz CT molecular complexity index is 870. The molecule has 2 aliphatic rings. The van der Waals surface area contributed by atoms with Gasteiger partial charge in [0.2, 0.25) is 0 Å². The first-order valence-corrected chi connectivity index (χ1v) is 11.2.